The maximum atomic E-state index is 13.3. The lowest BCUT2D eigenvalue weighted by Crippen LogP contribution is -2.55. The van der Waals surface area contributed by atoms with Gasteiger partial charge in [0, 0.05) is 18.5 Å². The molecule has 0 spiro atoms. The van der Waals surface area contributed by atoms with Crippen LogP contribution in [0, 0.1) is 0 Å². The molecule has 0 aliphatic carbocycles. The fourth-order valence-electron chi connectivity index (χ4n) is 4.83. The van der Waals surface area contributed by atoms with Gasteiger partial charge in [0.1, 0.15) is 6.04 Å². The molecule has 1 fully saturated rings. The summed E-state index contributed by atoms with van der Waals surface area (Å²) in [6.45, 7) is 0.527. The Morgan fingerprint density at radius 2 is 1.79 bits per heavy atom. The summed E-state index contributed by atoms with van der Waals surface area (Å²) in [7, 11) is 0. The Bertz CT molecular complexity index is 1400. The molecule has 0 saturated carbocycles. The number of ether oxygens (including phenoxy) is 1. The molecule has 4 rings (SSSR count). The van der Waals surface area contributed by atoms with Crippen LogP contribution in [0.5, 0.6) is 0 Å². The molecule has 1 aliphatic heterocycles. The Morgan fingerprint density at radius 3 is 2.42 bits per heavy atom. The number of aromatic nitrogens is 2. The number of piperidine rings is 1. The normalized spacial score (nSPS) is 17.9. The highest BCUT2D eigenvalue weighted by atomic mass is 19.4. The first-order valence-corrected chi connectivity index (χ1v) is 13.5. The third-order valence-electron chi connectivity index (χ3n) is 7.13. The summed E-state index contributed by atoms with van der Waals surface area (Å²) < 4.78 is 72.3. The smallest absolute Gasteiger partial charge is 0.443 e. The molecular formula is C29H29F5N4O5. The number of ketones is 1. The number of rotatable bonds is 10. The van der Waals surface area contributed by atoms with Crippen LogP contribution in [0.2, 0.25) is 0 Å². The van der Waals surface area contributed by atoms with E-state index in [0.717, 1.165) is 10.5 Å². The first kappa shape index (κ1) is 31.6. The lowest BCUT2D eigenvalue weighted by atomic mass is 9.85. The average Bonchev–Trinajstić information content (AvgIpc) is 3.50. The number of amides is 2. The van der Waals surface area contributed by atoms with Gasteiger partial charge in [0.2, 0.25) is 11.7 Å². The van der Waals surface area contributed by atoms with Gasteiger partial charge in [-0.15, -0.1) is 0 Å². The molecule has 1 aromatic heterocycles. The van der Waals surface area contributed by atoms with Crippen molar-refractivity contribution in [2.45, 2.75) is 63.2 Å². The summed E-state index contributed by atoms with van der Waals surface area (Å²) in [5.74, 6) is -2.65. The number of alkyl halides is 5. The molecule has 2 amide bonds. The summed E-state index contributed by atoms with van der Waals surface area (Å²) >= 11 is 0. The number of carbonyl (C=O) groups excluding carboxylic acids is 3. The van der Waals surface area contributed by atoms with Crippen molar-refractivity contribution in [1.82, 2.24) is 20.4 Å². The van der Waals surface area contributed by atoms with Crippen LogP contribution in [0.3, 0.4) is 0 Å². The highest BCUT2D eigenvalue weighted by Crippen LogP contribution is 2.32. The van der Waals surface area contributed by atoms with Gasteiger partial charge in [-0.05, 0) is 43.2 Å². The van der Waals surface area contributed by atoms with Crippen molar-refractivity contribution in [3.05, 3.63) is 71.6 Å². The van der Waals surface area contributed by atoms with E-state index in [0.29, 0.717) is 17.5 Å². The second-order valence-electron chi connectivity index (χ2n) is 10.1. The quantitative estimate of drug-likeness (QED) is 0.306. The lowest BCUT2D eigenvalue weighted by Gasteiger charge is -2.38. The zero-order chi connectivity index (χ0) is 31.1. The molecule has 0 bridgehead atoms. The van der Waals surface area contributed by atoms with E-state index in [1.54, 1.807) is 12.1 Å². The second-order valence-corrected chi connectivity index (χ2v) is 10.1. The minimum Gasteiger partial charge on any atom is -0.443 e. The van der Waals surface area contributed by atoms with E-state index >= 15 is 0 Å². The molecule has 9 nitrogen and oxygen atoms in total. The second kappa shape index (κ2) is 13.7. The van der Waals surface area contributed by atoms with Gasteiger partial charge in [-0.2, -0.15) is 18.2 Å². The number of nitrogens with one attached hydrogen (secondary N) is 1. The monoisotopic (exact) mass is 608 g/mol. The molecule has 2 aromatic carbocycles. The van der Waals surface area contributed by atoms with Gasteiger partial charge in [-0.1, -0.05) is 59.8 Å². The first-order valence-electron chi connectivity index (χ1n) is 13.5. The van der Waals surface area contributed by atoms with Crippen LogP contribution in [-0.4, -0.2) is 64.5 Å². The van der Waals surface area contributed by atoms with Gasteiger partial charge in [0.05, 0.1) is 6.04 Å². The zero-order valence-corrected chi connectivity index (χ0v) is 23.0. The van der Waals surface area contributed by atoms with Gasteiger partial charge >= 0.3 is 18.2 Å². The SMILES string of the molecule is C[C@H](NC(=O)[C@H]1C[C@@H](c2ccccc2)CCN1C(=O)OCC(F)F)C(=O)CCc1ccc(-c2noc(C(F)(F)F)n2)cc1. The number of Topliss-reactive ketones (excluding diaryl/α,β-unsaturated/α-hetero) is 1. The Labute approximate surface area is 243 Å². The predicted octanol–water partition coefficient (Wildman–Crippen LogP) is 5.41. The number of carbonyl (C=O) groups is 3. The molecule has 0 radical (unpaired) electrons. The Hall–Kier alpha value is -4.36. The van der Waals surface area contributed by atoms with E-state index in [1.165, 1.54) is 19.1 Å². The molecule has 230 valence electrons. The highest BCUT2D eigenvalue weighted by molar-refractivity contribution is 5.92. The van der Waals surface area contributed by atoms with Crippen LogP contribution < -0.4 is 5.32 Å². The van der Waals surface area contributed by atoms with Crippen molar-refractivity contribution in [3.63, 3.8) is 0 Å². The number of hydrogen-bond donors (Lipinski definition) is 1. The number of nitrogens with zero attached hydrogens (tertiary/aromatic N) is 3. The number of likely N-dealkylation sites (tertiary alicyclic amines) is 1. The van der Waals surface area contributed by atoms with Gasteiger partial charge in [0.15, 0.2) is 12.4 Å². The van der Waals surface area contributed by atoms with Crippen molar-refractivity contribution < 1.29 is 45.6 Å². The van der Waals surface area contributed by atoms with Crippen molar-refractivity contribution in [1.29, 1.82) is 0 Å². The van der Waals surface area contributed by atoms with Crippen molar-refractivity contribution >= 4 is 17.8 Å². The van der Waals surface area contributed by atoms with Crippen LogP contribution in [0.1, 0.15) is 49.1 Å². The Morgan fingerprint density at radius 1 is 1.09 bits per heavy atom. The molecule has 3 atom stereocenters. The molecule has 0 unspecified atom stereocenters. The molecular weight excluding hydrogens is 579 g/mol. The third kappa shape index (κ3) is 8.36. The first-order chi connectivity index (χ1) is 20.4. The standard InChI is InChI=1S/C29H29F5N4O5/c1-17(23(39)12-9-18-7-10-20(11-8-18)25-36-27(43-37-25)29(32,33)34)35-26(40)22-15-21(19-5-3-2-4-6-19)13-14-38(22)28(41)42-16-24(30)31/h2-8,10-11,17,21-22,24H,9,12-16H2,1H3,(H,35,40)/t17-,21-,22+/m0/s1. The molecule has 1 saturated heterocycles. The number of hydrogen-bond acceptors (Lipinski definition) is 7. The van der Waals surface area contributed by atoms with E-state index in [1.807, 2.05) is 30.3 Å². The summed E-state index contributed by atoms with van der Waals surface area (Å²) in [6, 6.07) is 13.7. The largest absolute Gasteiger partial charge is 0.471 e. The Kier molecular flexibility index (Phi) is 10.1. The summed E-state index contributed by atoms with van der Waals surface area (Å²) in [5.41, 5.74) is 1.98. The van der Waals surface area contributed by atoms with Crippen molar-refractivity contribution in [2.24, 2.45) is 0 Å². The topological polar surface area (TPSA) is 115 Å². The molecule has 3 aromatic rings. The van der Waals surface area contributed by atoms with Crippen LogP contribution >= 0.6 is 0 Å². The fourth-order valence-corrected chi connectivity index (χ4v) is 4.83. The molecule has 14 heteroatoms. The summed E-state index contributed by atoms with van der Waals surface area (Å²) in [4.78, 5) is 43.2. The average molecular weight is 609 g/mol. The highest BCUT2D eigenvalue weighted by Gasteiger charge is 2.39. The van der Waals surface area contributed by atoms with Crippen LogP contribution in [0.15, 0.2) is 59.1 Å². The maximum absolute atomic E-state index is 13.3. The zero-order valence-electron chi connectivity index (χ0n) is 23.0. The van der Waals surface area contributed by atoms with Crippen molar-refractivity contribution in [3.8, 4) is 11.4 Å². The van der Waals surface area contributed by atoms with E-state index in [-0.39, 0.29) is 43.3 Å². The predicted molar refractivity (Wildman–Crippen MR) is 142 cm³/mol. The molecule has 43 heavy (non-hydrogen) atoms. The molecule has 1 N–H and O–H groups in total. The number of halogens is 5. The number of benzene rings is 2. The van der Waals surface area contributed by atoms with E-state index < -0.39 is 49.2 Å². The number of aryl methyl sites for hydroxylation is 1. The molecule has 2 heterocycles. The minimum atomic E-state index is -4.76. The Balaban J connectivity index is 1.35. The molecule has 1 aliphatic rings. The van der Waals surface area contributed by atoms with E-state index in [2.05, 4.69) is 24.7 Å². The van der Waals surface area contributed by atoms with Crippen LogP contribution in [0.25, 0.3) is 11.4 Å². The van der Waals surface area contributed by atoms with Crippen molar-refractivity contribution in [2.75, 3.05) is 13.2 Å². The van der Waals surface area contributed by atoms with E-state index in [4.69, 9.17) is 0 Å². The van der Waals surface area contributed by atoms with Crippen LogP contribution in [0.4, 0.5) is 26.7 Å². The minimum absolute atomic E-state index is 0.0404. The maximum Gasteiger partial charge on any atom is 0.471 e. The van der Waals surface area contributed by atoms with Gasteiger partial charge in [0.25, 0.3) is 6.43 Å². The third-order valence-corrected chi connectivity index (χ3v) is 7.13. The van der Waals surface area contributed by atoms with Gasteiger partial charge in [-0.25, -0.2) is 13.6 Å². The lowest BCUT2D eigenvalue weighted by molar-refractivity contribution is -0.159. The van der Waals surface area contributed by atoms with Crippen LogP contribution in [-0.2, 0) is 26.9 Å². The van der Waals surface area contributed by atoms with E-state index in [9.17, 15) is 36.3 Å². The fraction of sp³-hybridized carbons (Fsp3) is 0.414. The van der Waals surface area contributed by atoms with Gasteiger partial charge in [-0.3, -0.25) is 14.5 Å². The summed E-state index contributed by atoms with van der Waals surface area (Å²) in [6.07, 6.45) is -7.59. The van der Waals surface area contributed by atoms with Gasteiger partial charge < -0.3 is 14.6 Å². The summed E-state index contributed by atoms with van der Waals surface area (Å²) in [5, 5.41) is 5.98.